The van der Waals surface area contributed by atoms with E-state index in [1.165, 1.54) is 60.4 Å². The minimum atomic E-state index is -0.897. The lowest BCUT2D eigenvalue weighted by Gasteiger charge is -2.23. The van der Waals surface area contributed by atoms with E-state index >= 15 is 4.39 Å². The molecule has 0 bridgehead atoms. The first kappa shape index (κ1) is 28.6. The van der Waals surface area contributed by atoms with Gasteiger partial charge in [0, 0.05) is 20.6 Å². The van der Waals surface area contributed by atoms with E-state index in [9.17, 15) is 9.59 Å². The number of carbonyl (C=O) groups excluding carboxylic acids is 1. The number of nitrogens with zero attached hydrogens (tertiary/aromatic N) is 3. The number of hydrogen-bond acceptors (Lipinski definition) is 5. The maximum atomic E-state index is 15.2. The third-order valence-corrected chi connectivity index (χ3v) is 8.74. The van der Waals surface area contributed by atoms with Crippen LogP contribution >= 0.6 is 11.8 Å². The van der Waals surface area contributed by atoms with E-state index in [0.717, 1.165) is 5.56 Å². The summed E-state index contributed by atoms with van der Waals surface area (Å²) in [5.41, 5.74) is 4.93. The maximum Gasteiger partial charge on any atom is 0.307 e. The minimum Gasteiger partial charge on any atom is -0.481 e. The average molecular weight is 572 g/mol. The second-order valence-corrected chi connectivity index (χ2v) is 11.8. The summed E-state index contributed by atoms with van der Waals surface area (Å²) in [6, 6.07) is 20.6. The number of amidine groups is 1. The Hall–Kier alpha value is -3.91. The molecule has 41 heavy (non-hydrogen) atoms. The van der Waals surface area contributed by atoms with Crippen molar-refractivity contribution in [2.24, 2.45) is 4.99 Å². The number of carboxylic acid groups (broad SMARTS) is 1. The van der Waals surface area contributed by atoms with E-state index < -0.39 is 5.97 Å². The summed E-state index contributed by atoms with van der Waals surface area (Å²) < 4.78 is 15.2. The Morgan fingerprint density at radius 1 is 1.05 bits per heavy atom. The highest BCUT2D eigenvalue weighted by Gasteiger charge is 2.30. The number of hydrogen-bond donors (Lipinski definition) is 1. The molecule has 5 rings (SSSR count). The Kier molecular flexibility index (Phi) is 8.88. The molecule has 0 radical (unpaired) electrons. The second-order valence-electron chi connectivity index (χ2n) is 10.7. The van der Waals surface area contributed by atoms with E-state index in [1.807, 2.05) is 18.0 Å². The quantitative estimate of drug-likeness (QED) is 0.286. The Labute approximate surface area is 244 Å². The fraction of sp³-hybridized carbons (Fsp3) is 0.303. The number of rotatable bonds is 8. The predicted molar refractivity (Wildman–Crippen MR) is 164 cm³/mol. The van der Waals surface area contributed by atoms with Gasteiger partial charge in [0.2, 0.25) is 0 Å². The summed E-state index contributed by atoms with van der Waals surface area (Å²) in [4.78, 5) is 32.1. The van der Waals surface area contributed by atoms with Gasteiger partial charge in [0.15, 0.2) is 5.17 Å². The molecular formula is C33H34FN3O3S. The van der Waals surface area contributed by atoms with E-state index in [1.54, 1.807) is 43.5 Å². The van der Waals surface area contributed by atoms with Crippen LogP contribution in [0.5, 0.6) is 0 Å². The first-order valence-electron chi connectivity index (χ1n) is 13.9. The highest BCUT2D eigenvalue weighted by Crippen LogP contribution is 2.35. The lowest BCUT2D eigenvalue weighted by molar-refractivity contribution is -0.136. The van der Waals surface area contributed by atoms with Crippen LogP contribution in [0.1, 0.15) is 60.3 Å². The van der Waals surface area contributed by atoms with E-state index in [4.69, 9.17) is 5.11 Å². The Morgan fingerprint density at radius 2 is 1.73 bits per heavy atom. The van der Waals surface area contributed by atoms with E-state index in [-0.39, 0.29) is 18.1 Å². The van der Waals surface area contributed by atoms with Crippen LogP contribution in [0.15, 0.2) is 76.6 Å². The summed E-state index contributed by atoms with van der Waals surface area (Å²) >= 11 is 1.22. The zero-order chi connectivity index (χ0) is 28.9. The first-order valence-corrected chi connectivity index (χ1v) is 14.7. The number of carbonyl (C=O) groups is 2. The standard InChI is InChI=1S/C33H34FN3O3S/c1-36(21-23-8-13-26(14-9-23)25-6-4-3-5-7-25)29-17-12-24(18-28(29)34)19-30-32(40)37(2)33(41-30)35-27-15-10-22(11-16-27)20-31(38)39/h8-19,25H,3-7,20-21H2,1-2H3,(H,38,39)/b30-19-,35-33?. The van der Waals surface area contributed by atoms with Gasteiger partial charge in [-0.25, -0.2) is 9.38 Å². The largest absolute Gasteiger partial charge is 0.481 e. The molecule has 1 aliphatic heterocycles. The molecule has 3 aromatic rings. The summed E-state index contributed by atoms with van der Waals surface area (Å²) in [6.07, 6.45) is 8.12. The topological polar surface area (TPSA) is 73.2 Å². The van der Waals surface area contributed by atoms with Gasteiger partial charge in [0.25, 0.3) is 5.91 Å². The molecule has 212 valence electrons. The van der Waals surface area contributed by atoms with Gasteiger partial charge in [0.1, 0.15) is 5.82 Å². The summed E-state index contributed by atoms with van der Waals surface area (Å²) in [5.74, 6) is -0.793. The Balaban J connectivity index is 1.24. The predicted octanol–water partition coefficient (Wildman–Crippen LogP) is 7.37. The molecule has 1 saturated carbocycles. The number of carboxylic acids is 1. The zero-order valence-corrected chi connectivity index (χ0v) is 24.2. The van der Waals surface area contributed by atoms with E-state index in [0.29, 0.717) is 45.0 Å². The maximum absolute atomic E-state index is 15.2. The van der Waals surface area contributed by atoms with Gasteiger partial charge >= 0.3 is 5.97 Å². The second kappa shape index (κ2) is 12.7. The van der Waals surface area contributed by atoms with Gasteiger partial charge in [-0.2, -0.15) is 0 Å². The first-order chi connectivity index (χ1) is 19.8. The van der Waals surface area contributed by atoms with Crippen molar-refractivity contribution in [3.8, 4) is 0 Å². The van der Waals surface area contributed by atoms with Crippen LogP contribution in [0.3, 0.4) is 0 Å². The van der Waals surface area contributed by atoms with E-state index in [2.05, 4.69) is 29.3 Å². The molecule has 0 spiro atoms. The minimum absolute atomic E-state index is 0.0600. The number of amides is 1. The van der Waals surface area contributed by atoms with Crippen molar-refractivity contribution in [2.75, 3.05) is 19.0 Å². The molecule has 0 atom stereocenters. The molecule has 3 aromatic carbocycles. The van der Waals surface area contributed by atoms with Crippen LogP contribution in [0.4, 0.5) is 15.8 Å². The molecule has 1 amide bonds. The Morgan fingerprint density at radius 3 is 2.39 bits per heavy atom. The molecule has 1 heterocycles. The van der Waals surface area contributed by atoms with Crippen molar-refractivity contribution in [2.45, 2.75) is 51.0 Å². The van der Waals surface area contributed by atoms with Crippen molar-refractivity contribution in [3.63, 3.8) is 0 Å². The average Bonchev–Trinajstić information content (AvgIpc) is 3.22. The molecular weight excluding hydrogens is 537 g/mol. The molecule has 0 unspecified atom stereocenters. The van der Waals surface area contributed by atoms with Crippen LogP contribution in [0.2, 0.25) is 0 Å². The van der Waals surface area contributed by atoms with Crippen molar-refractivity contribution in [1.29, 1.82) is 0 Å². The molecule has 8 heteroatoms. The number of anilines is 1. The van der Waals surface area contributed by atoms with Crippen molar-refractivity contribution < 1.29 is 19.1 Å². The number of halogens is 1. The van der Waals surface area contributed by atoms with Gasteiger partial charge in [-0.3, -0.25) is 14.5 Å². The van der Waals surface area contributed by atoms with Gasteiger partial charge in [-0.05, 0) is 83.1 Å². The van der Waals surface area contributed by atoms with Gasteiger partial charge in [-0.15, -0.1) is 0 Å². The molecule has 2 fully saturated rings. The lowest BCUT2D eigenvalue weighted by atomic mass is 9.84. The lowest BCUT2D eigenvalue weighted by Crippen LogP contribution is -2.23. The fourth-order valence-corrected chi connectivity index (χ4v) is 6.38. The molecule has 2 aliphatic rings. The van der Waals surface area contributed by atoms with Crippen LogP contribution in [-0.4, -0.2) is 41.1 Å². The number of thioether (sulfide) groups is 1. The van der Waals surface area contributed by atoms with Gasteiger partial charge in [-0.1, -0.05) is 61.7 Å². The van der Waals surface area contributed by atoms with Crippen LogP contribution < -0.4 is 4.90 Å². The SMILES string of the molecule is CN1C(=O)/C(=C/c2ccc(N(C)Cc3ccc(C4CCCCC4)cc3)c(F)c2)SC1=Nc1ccc(CC(=O)O)cc1. The Bertz CT molecular complexity index is 1480. The normalized spacial score (nSPS) is 17.9. The molecule has 1 saturated heterocycles. The van der Waals surface area contributed by atoms with Crippen LogP contribution in [0.25, 0.3) is 6.08 Å². The summed E-state index contributed by atoms with van der Waals surface area (Å²) in [7, 11) is 3.53. The summed E-state index contributed by atoms with van der Waals surface area (Å²) in [6.45, 7) is 0.596. The van der Waals surface area contributed by atoms with Crippen molar-refractivity contribution in [3.05, 3.63) is 99.7 Å². The van der Waals surface area contributed by atoms with Crippen LogP contribution in [0, 0.1) is 5.82 Å². The number of aliphatic imine (C=N–C) groups is 1. The third kappa shape index (κ3) is 7.06. The van der Waals surface area contributed by atoms with Crippen molar-refractivity contribution >= 4 is 46.3 Å². The fourth-order valence-electron chi connectivity index (χ4n) is 5.39. The van der Waals surface area contributed by atoms with Gasteiger partial charge in [0.05, 0.1) is 22.7 Å². The molecule has 0 aromatic heterocycles. The zero-order valence-electron chi connectivity index (χ0n) is 23.3. The molecule has 6 nitrogen and oxygen atoms in total. The highest BCUT2D eigenvalue weighted by molar-refractivity contribution is 8.18. The molecule has 1 N–H and O–H groups in total. The highest BCUT2D eigenvalue weighted by atomic mass is 32.2. The number of likely N-dealkylation sites (N-methyl/N-ethyl adjacent to an activating group) is 1. The monoisotopic (exact) mass is 571 g/mol. The van der Waals surface area contributed by atoms with Gasteiger partial charge < -0.3 is 10.0 Å². The number of aliphatic carboxylic acids is 1. The van der Waals surface area contributed by atoms with Crippen molar-refractivity contribution in [1.82, 2.24) is 4.90 Å². The summed E-state index contributed by atoms with van der Waals surface area (Å²) in [5, 5.41) is 9.44. The third-order valence-electron chi connectivity index (χ3n) is 7.68. The van der Waals surface area contributed by atoms with Crippen LogP contribution in [-0.2, 0) is 22.6 Å². The number of benzene rings is 3. The smallest absolute Gasteiger partial charge is 0.307 e. The molecule has 1 aliphatic carbocycles.